The van der Waals surface area contributed by atoms with Crippen LogP contribution in [0, 0.1) is 5.82 Å². The molecule has 2 atom stereocenters. The van der Waals surface area contributed by atoms with Gasteiger partial charge >= 0.3 is 0 Å². The molecule has 1 aromatic carbocycles. The van der Waals surface area contributed by atoms with Gasteiger partial charge in [0.2, 0.25) is 0 Å². The molecule has 0 amide bonds. The number of nitrogens with two attached hydrogens (primary N) is 1. The maximum Gasteiger partial charge on any atom is 0.128 e. The third-order valence-electron chi connectivity index (χ3n) is 3.38. The first-order valence-electron chi connectivity index (χ1n) is 6.56. The lowest BCUT2D eigenvalue weighted by Crippen LogP contribution is -2.47. The maximum atomic E-state index is 13.7. The molecule has 0 radical (unpaired) electrons. The minimum atomic E-state index is -0.397. The number of hydrogen-bond donors (Lipinski definition) is 1. The summed E-state index contributed by atoms with van der Waals surface area (Å²) in [4.78, 5) is 2.33. The SMILES string of the molecule is CCCN1CCOC(C(N)c2ccccc2F)C1. The van der Waals surface area contributed by atoms with E-state index in [-0.39, 0.29) is 11.9 Å². The minimum Gasteiger partial charge on any atom is -0.374 e. The molecule has 1 aliphatic rings. The molecule has 1 saturated heterocycles. The molecule has 1 fully saturated rings. The number of halogens is 1. The van der Waals surface area contributed by atoms with E-state index in [2.05, 4.69) is 11.8 Å². The fourth-order valence-corrected chi connectivity index (χ4v) is 2.41. The number of hydrogen-bond acceptors (Lipinski definition) is 3. The molecule has 3 nitrogen and oxygen atoms in total. The first-order chi connectivity index (χ1) is 8.72. The molecule has 0 spiro atoms. The molecule has 2 unspecified atom stereocenters. The molecular formula is C14H21FN2O. The highest BCUT2D eigenvalue weighted by Gasteiger charge is 2.27. The highest BCUT2D eigenvalue weighted by Crippen LogP contribution is 2.22. The minimum absolute atomic E-state index is 0.123. The monoisotopic (exact) mass is 252 g/mol. The Hall–Kier alpha value is -0.970. The van der Waals surface area contributed by atoms with Crippen LogP contribution in [0.2, 0.25) is 0 Å². The molecule has 0 aliphatic carbocycles. The van der Waals surface area contributed by atoms with Crippen molar-refractivity contribution in [2.45, 2.75) is 25.5 Å². The van der Waals surface area contributed by atoms with Gasteiger partial charge in [0.1, 0.15) is 5.82 Å². The second-order valence-electron chi connectivity index (χ2n) is 4.76. The summed E-state index contributed by atoms with van der Waals surface area (Å²) in [7, 11) is 0. The van der Waals surface area contributed by atoms with E-state index in [1.807, 2.05) is 6.07 Å². The predicted octanol–water partition coefficient (Wildman–Crippen LogP) is 1.94. The van der Waals surface area contributed by atoms with Gasteiger partial charge in [0.05, 0.1) is 18.8 Å². The van der Waals surface area contributed by atoms with Crippen LogP contribution in [0.25, 0.3) is 0 Å². The Balaban J connectivity index is 2.04. The summed E-state index contributed by atoms with van der Waals surface area (Å²) in [5.74, 6) is -0.249. The van der Waals surface area contributed by atoms with E-state index in [0.29, 0.717) is 12.2 Å². The number of morpholine rings is 1. The zero-order valence-corrected chi connectivity index (χ0v) is 10.8. The lowest BCUT2D eigenvalue weighted by atomic mass is 10.0. The molecule has 0 aromatic heterocycles. The Morgan fingerprint density at radius 3 is 3.00 bits per heavy atom. The molecule has 1 aromatic rings. The van der Waals surface area contributed by atoms with Crippen LogP contribution in [0.15, 0.2) is 24.3 Å². The number of nitrogens with zero attached hydrogens (tertiary/aromatic N) is 1. The van der Waals surface area contributed by atoms with Crippen molar-refractivity contribution in [2.75, 3.05) is 26.2 Å². The first-order valence-corrected chi connectivity index (χ1v) is 6.56. The molecule has 2 rings (SSSR count). The summed E-state index contributed by atoms with van der Waals surface area (Å²) in [5.41, 5.74) is 6.68. The molecule has 0 bridgehead atoms. The second kappa shape index (κ2) is 6.27. The van der Waals surface area contributed by atoms with Crippen molar-refractivity contribution < 1.29 is 9.13 Å². The van der Waals surface area contributed by atoms with Gasteiger partial charge in [0, 0.05) is 18.7 Å². The summed E-state index contributed by atoms with van der Waals surface area (Å²) in [6, 6.07) is 6.27. The quantitative estimate of drug-likeness (QED) is 0.890. The third-order valence-corrected chi connectivity index (χ3v) is 3.38. The van der Waals surface area contributed by atoms with E-state index >= 15 is 0 Å². The molecule has 1 aliphatic heterocycles. The maximum absolute atomic E-state index is 13.7. The van der Waals surface area contributed by atoms with Crippen LogP contribution < -0.4 is 5.73 Å². The van der Waals surface area contributed by atoms with Crippen molar-refractivity contribution in [1.82, 2.24) is 4.90 Å². The fraction of sp³-hybridized carbons (Fsp3) is 0.571. The van der Waals surface area contributed by atoms with E-state index in [1.54, 1.807) is 12.1 Å². The van der Waals surface area contributed by atoms with Gasteiger partial charge in [-0.2, -0.15) is 0 Å². The van der Waals surface area contributed by atoms with Crippen LogP contribution in [-0.2, 0) is 4.74 Å². The smallest absolute Gasteiger partial charge is 0.128 e. The normalized spacial score (nSPS) is 22.9. The third kappa shape index (κ3) is 3.07. The molecule has 2 N–H and O–H groups in total. The summed E-state index contributed by atoms with van der Waals surface area (Å²) in [5, 5.41) is 0. The van der Waals surface area contributed by atoms with Crippen molar-refractivity contribution in [3.63, 3.8) is 0 Å². The van der Waals surface area contributed by atoms with Crippen LogP contribution in [0.5, 0.6) is 0 Å². The van der Waals surface area contributed by atoms with Crippen molar-refractivity contribution in [2.24, 2.45) is 5.73 Å². The van der Waals surface area contributed by atoms with Crippen LogP contribution in [0.4, 0.5) is 4.39 Å². The number of benzene rings is 1. The van der Waals surface area contributed by atoms with E-state index in [1.165, 1.54) is 6.07 Å². The highest BCUT2D eigenvalue weighted by molar-refractivity contribution is 5.22. The predicted molar refractivity (Wildman–Crippen MR) is 69.8 cm³/mol. The van der Waals surface area contributed by atoms with Crippen molar-refractivity contribution in [1.29, 1.82) is 0 Å². The second-order valence-corrected chi connectivity index (χ2v) is 4.76. The van der Waals surface area contributed by atoms with E-state index in [4.69, 9.17) is 10.5 Å². The Kier molecular flexibility index (Phi) is 4.69. The van der Waals surface area contributed by atoms with Crippen LogP contribution in [0.3, 0.4) is 0 Å². The lowest BCUT2D eigenvalue weighted by molar-refractivity contribution is -0.0412. The van der Waals surface area contributed by atoms with E-state index in [0.717, 1.165) is 26.1 Å². The molecule has 0 saturated carbocycles. The van der Waals surface area contributed by atoms with Crippen molar-refractivity contribution >= 4 is 0 Å². The highest BCUT2D eigenvalue weighted by atomic mass is 19.1. The summed E-state index contributed by atoms with van der Waals surface area (Å²) in [6.45, 7) is 5.59. The summed E-state index contributed by atoms with van der Waals surface area (Å²) >= 11 is 0. The Morgan fingerprint density at radius 1 is 1.50 bits per heavy atom. The Morgan fingerprint density at radius 2 is 2.28 bits per heavy atom. The van der Waals surface area contributed by atoms with Gasteiger partial charge in [-0.05, 0) is 19.0 Å². The van der Waals surface area contributed by atoms with Crippen molar-refractivity contribution in [3.8, 4) is 0 Å². The standard InChI is InChI=1S/C14H21FN2O/c1-2-7-17-8-9-18-13(10-17)14(16)11-5-3-4-6-12(11)15/h3-6,13-14H,2,7-10,16H2,1H3. The molecule has 1 heterocycles. The van der Waals surface area contributed by atoms with Crippen LogP contribution in [-0.4, -0.2) is 37.2 Å². The van der Waals surface area contributed by atoms with Crippen LogP contribution in [0.1, 0.15) is 24.9 Å². The molecule has 100 valence electrons. The van der Waals surface area contributed by atoms with Gasteiger partial charge in [-0.25, -0.2) is 4.39 Å². The van der Waals surface area contributed by atoms with Crippen molar-refractivity contribution in [3.05, 3.63) is 35.6 Å². The average molecular weight is 252 g/mol. The van der Waals surface area contributed by atoms with Crippen LogP contribution >= 0.6 is 0 Å². The largest absolute Gasteiger partial charge is 0.374 e. The molecule has 18 heavy (non-hydrogen) atoms. The number of ether oxygens (including phenoxy) is 1. The average Bonchev–Trinajstić information content (AvgIpc) is 2.39. The topological polar surface area (TPSA) is 38.5 Å². The first kappa shape index (κ1) is 13.5. The molecular weight excluding hydrogens is 231 g/mol. The fourth-order valence-electron chi connectivity index (χ4n) is 2.41. The Bertz CT molecular complexity index is 384. The van der Waals surface area contributed by atoms with Gasteiger partial charge < -0.3 is 10.5 Å². The van der Waals surface area contributed by atoms with Gasteiger partial charge in [-0.1, -0.05) is 25.1 Å². The zero-order valence-electron chi connectivity index (χ0n) is 10.8. The van der Waals surface area contributed by atoms with E-state index in [9.17, 15) is 4.39 Å². The van der Waals surface area contributed by atoms with Gasteiger partial charge in [-0.15, -0.1) is 0 Å². The van der Waals surface area contributed by atoms with Gasteiger partial charge in [-0.3, -0.25) is 4.90 Å². The summed E-state index contributed by atoms with van der Waals surface area (Å²) in [6.07, 6.45) is 0.990. The number of rotatable bonds is 4. The Labute approximate surface area is 108 Å². The summed E-state index contributed by atoms with van der Waals surface area (Å²) < 4.78 is 19.4. The molecule has 4 heteroatoms. The lowest BCUT2D eigenvalue weighted by Gasteiger charge is -2.35. The zero-order chi connectivity index (χ0) is 13.0. The van der Waals surface area contributed by atoms with E-state index < -0.39 is 6.04 Å². The van der Waals surface area contributed by atoms with Gasteiger partial charge in [0.15, 0.2) is 0 Å². The van der Waals surface area contributed by atoms with Gasteiger partial charge in [0.25, 0.3) is 0 Å².